The van der Waals surface area contributed by atoms with Crippen LogP contribution in [0.15, 0.2) is 52.7 Å². The highest BCUT2D eigenvalue weighted by molar-refractivity contribution is 8.15. The first-order valence-corrected chi connectivity index (χ1v) is 11.1. The van der Waals surface area contributed by atoms with E-state index in [1.165, 1.54) is 17.3 Å². The largest absolute Gasteiger partial charge is 0.325 e. The summed E-state index contributed by atoms with van der Waals surface area (Å²) in [6.45, 7) is 0. The van der Waals surface area contributed by atoms with Gasteiger partial charge in [-0.05, 0) is 43.0 Å². The van der Waals surface area contributed by atoms with Crippen molar-refractivity contribution in [2.45, 2.75) is 30.9 Å². The number of amidine groups is 1. The topological polar surface area (TPSA) is 82.9 Å². The van der Waals surface area contributed by atoms with Gasteiger partial charge in [0.15, 0.2) is 5.17 Å². The number of thioether (sulfide) groups is 1. The molecule has 0 saturated carbocycles. The number of carbonyl (C=O) groups is 2. The number of hydrogen-bond donors (Lipinski definition) is 2. The average molecular weight is 461 g/mol. The van der Waals surface area contributed by atoms with Gasteiger partial charge >= 0.3 is 0 Å². The second-order valence-electron chi connectivity index (χ2n) is 6.93. The van der Waals surface area contributed by atoms with Gasteiger partial charge in [0.25, 0.3) is 0 Å². The minimum absolute atomic E-state index is 0.00607. The third-order valence-electron chi connectivity index (χ3n) is 4.80. The SMILES string of the molecule is O=C(CC1S/C(=N/N=C2/CCCc3ccccc32)NC1=O)Nc1ccc(Cl)cc1Cl. The van der Waals surface area contributed by atoms with E-state index in [0.717, 1.165) is 30.5 Å². The molecule has 2 aliphatic rings. The van der Waals surface area contributed by atoms with E-state index in [1.54, 1.807) is 18.2 Å². The molecule has 1 atom stereocenters. The predicted molar refractivity (Wildman–Crippen MR) is 123 cm³/mol. The van der Waals surface area contributed by atoms with E-state index in [-0.39, 0.29) is 18.2 Å². The number of fused-ring (bicyclic) bond motifs is 1. The Kier molecular flexibility index (Phi) is 6.41. The van der Waals surface area contributed by atoms with Crippen LogP contribution in [0.5, 0.6) is 0 Å². The molecule has 1 aliphatic heterocycles. The van der Waals surface area contributed by atoms with Gasteiger partial charge in [0.2, 0.25) is 11.8 Å². The molecular weight excluding hydrogens is 443 g/mol. The molecule has 154 valence electrons. The van der Waals surface area contributed by atoms with Crippen molar-refractivity contribution in [3.05, 3.63) is 63.6 Å². The zero-order chi connectivity index (χ0) is 21.1. The van der Waals surface area contributed by atoms with E-state index in [0.29, 0.717) is 20.9 Å². The summed E-state index contributed by atoms with van der Waals surface area (Å²) >= 11 is 13.1. The summed E-state index contributed by atoms with van der Waals surface area (Å²) in [7, 11) is 0. The molecule has 2 amide bonds. The lowest BCUT2D eigenvalue weighted by molar-refractivity contribution is -0.122. The second-order valence-corrected chi connectivity index (χ2v) is 8.97. The van der Waals surface area contributed by atoms with Crippen molar-refractivity contribution in [3.8, 4) is 0 Å². The third-order valence-corrected chi connectivity index (χ3v) is 6.42. The minimum Gasteiger partial charge on any atom is -0.325 e. The first-order valence-electron chi connectivity index (χ1n) is 9.45. The molecule has 1 fully saturated rings. The quantitative estimate of drug-likeness (QED) is 0.651. The zero-order valence-electron chi connectivity index (χ0n) is 15.8. The molecule has 1 aliphatic carbocycles. The Morgan fingerprint density at radius 3 is 2.83 bits per heavy atom. The molecule has 9 heteroatoms. The molecule has 2 aromatic carbocycles. The third kappa shape index (κ3) is 4.86. The fourth-order valence-corrected chi connectivity index (χ4v) is 4.73. The van der Waals surface area contributed by atoms with Crippen molar-refractivity contribution < 1.29 is 9.59 Å². The van der Waals surface area contributed by atoms with Gasteiger partial charge in [0.05, 0.1) is 16.4 Å². The van der Waals surface area contributed by atoms with Gasteiger partial charge in [0, 0.05) is 17.0 Å². The van der Waals surface area contributed by atoms with E-state index >= 15 is 0 Å². The maximum atomic E-state index is 12.3. The Balaban J connectivity index is 1.40. The first-order chi connectivity index (χ1) is 14.5. The van der Waals surface area contributed by atoms with Crippen molar-refractivity contribution in [3.63, 3.8) is 0 Å². The van der Waals surface area contributed by atoms with Crippen molar-refractivity contribution in [1.29, 1.82) is 0 Å². The van der Waals surface area contributed by atoms with Gasteiger partial charge in [-0.1, -0.05) is 59.2 Å². The number of nitrogens with one attached hydrogen (secondary N) is 2. The van der Waals surface area contributed by atoms with Gasteiger partial charge in [-0.25, -0.2) is 0 Å². The number of halogens is 2. The van der Waals surface area contributed by atoms with Gasteiger partial charge in [-0.3, -0.25) is 9.59 Å². The number of nitrogens with zero attached hydrogens (tertiary/aromatic N) is 2. The summed E-state index contributed by atoms with van der Waals surface area (Å²) in [4.78, 5) is 24.6. The van der Waals surface area contributed by atoms with Crippen LogP contribution in [0, 0.1) is 0 Å². The van der Waals surface area contributed by atoms with Crippen molar-refractivity contribution in [1.82, 2.24) is 5.32 Å². The molecule has 1 saturated heterocycles. The molecule has 0 bridgehead atoms. The molecule has 0 spiro atoms. The van der Waals surface area contributed by atoms with Crippen LogP contribution in [-0.4, -0.2) is 27.9 Å². The highest BCUT2D eigenvalue weighted by Crippen LogP contribution is 2.28. The van der Waals surface area contributed by atoms with E-state index < -0.39 is 5.25 Å². The van der Waals surface area contributed by atoms with Gasteiger partial charge < -0.3 is 10.6 Å². The highest BCUT2D eigenvalue weighted by atomic mass is 35.5. The Bertz CT molecular complexity index is 1070. The summed E-state index contributed by atoms with van der Waals surface area (Å²) in [6.07, 6.45) is 2.90. The van der Waals surface area contributed by atoms with Gasteiger partial charge in [-0.15, -0.1) is 5.10 Å². The van der Waals surface area contributed by atoms with E-state index in [2.05, 4.69) is 26.9 Å². The summed E-state index contributed by atoms with van der Waals surface area (Å²) in [5, 5.41) is 14.7. The fourth-order valence-electron chi connectivity index (χ4n) is 3.36. The normalized spacial score (nSPS) is 20.9. The molecule has 30 heavy (non-hydrogen) atoms. The fraction of sp³-hybridized carbons (Fsp3) is 0.238. The van der Waals surface area contributed by atoms with Gasteiger partial charge in [-0.2, -0.15) is 5.10 Å². The molecule has 0 radical (unpaired) electrons. The number of carbonyl (C=O) groups excluding carboxylic acids is 2. The number of amides is 2. The number of benzene rings is 2. The highest BCUT2D eigenvalue weighted by Gasteiger charge is 2.32. The molecule has 6 nitrogen and oxygen atoms in total. The molecule has 2 aromatic rings. The van der Waals surface area contributed by atoms with Crippen molar-refractivity contribution >= 4 is 63.3 Å². The van der Waals surface area contributed by atoms with Crippen LogP contribution in [0.4, 0.5) is 5.69 Å². The van der Waals surface area contributed by atoms with Crippen LogP contribution < -0.4 is 10.6 Å². The standard InChI is InChI=1S/C21H18Cl2N4O2S/c22-13-8-9-17(15(23)10-13)24-19(28)11-18-20(29)25-21(30-18)27-26-16-7-3-5-12-4-1-2-6-14(12)16/h1-2,4,6,8-10,18H,3,5,7,11H2,(H,24,28)(H,25,27,29)/b26-16-. The summed E-state index contributed by atoms with van der Waals surface area (Å²) in [6, 6.07) is 13.0. The first kappa shape index (κ1) is 20.9. The van der Waals surface area contributed by atoms with E-state index in [4.69, 9.17) is 23.2 Å². The summed E-state index contributed by atoms with van der Waals surface area (Å²) in [5.74, 6) is -0.582. The van der Waals surface area contributed by atoms with Crippen molar-refractivity contribution in [2.24, 2.45) is 10.2 Å². The van der Waals surface area contributed by atoms with Crippen LogP contribution in [0.3, 0.4) is 0 Å². The van der Waals surface area contributed by atoms with Crippen molar-refractivity contribution in [2.75, 3.05) is 5.32 Å². The summed E-state index contributed by atoms with van der Waals surface area (Å²) in [5.41, 5.74) is 3.74. The lowest BCUT2D eigenvalue weighted by atomic mass is 9.90. The number of hydrogen-bond acceptors (Lipinski definition) is 5. The van der Waals surface area contributed by atoms with E-state index in [1.807, 2.05) is 18.2 Å². The maximum absolute atomic E-state index is 12.3. The monoisotopic (exact) mass is 460 g/mol. The van der Waals surface area contributed by atoms with Crippen LogP contribution in [0.2, 0.25) is 10.0 Å². The lowest BCUT2D eigenvalue weighted by Gasteiger charge is -2.16. The number of rotatable bonds is 4. The van der Waals surface area contributed by atoms with Crippen LogP contribution in [0.25, 0.3) is 0 Å². The Labute approximate surface area is 188 Å². The lowest BCUT2D eigenvalue weighted by Crippen LogP contribution is -2.28. The average Bonchev–Trinajstić information content (AvgIpc) is 3.07. The van der Waals surface area contributed by atoms with Crippen LogP contribution in [-0.2, 0) is 16.0 Å². The smallest absolute Gasteiger partial charge is 0.240 e. The molecular formula is C21H18Cl2N4O2S. The van der Waals surface area contributed by atoms with Crippen LogP contribution >= 0.6 is 35.0 Å². The molecule has 2 N–H and O–H groups in total. The summed E-state index contributed by atoms with van der Waals surface area (Å²) < 4.78 is 0. The molecule has 4 rings (SSSR count). The second kappa shape index (κ2) is 9.20. The number of aryl methyl sites for hydroxylation is 1. The zero-order valence-corrected chi connectivity index (χ0v) is 18.2. The minimum atomic E-state index is -0.575. The molecule has 0 aromatic heterocycles. The maximum Gasteiger partial charge on any atom is 0.240 e. The predicted octanol–water partition coefficient (Wildman–Crippen LogP) is 4.65. The Morgan fingerprint density at radius 2 is 2.00 bits per heavy atom. The molecule has 1 heterocycles. The Hall–Kier alpha value is -2.35. The Morgan fingerprint density at radius 1 is 1.17 bits per heavy atom. The number of anilines is 1. The van der Waals surface area contributed by atoms with Gasteiger partial charge in [0.1, 0.15) is 5.25 Å². The van der Waals surface area contributed by atoms with E-state index in [9.17, 15) is 9.59 Å². The van der Waals surface area contributed by atoms with Crippen LogP contribution in [0.1, 0.15) is 30.4 Å². The molecule has 1 unspecified atom stereocenters.